The van der Waals surface area contributed by atoms with Crippen molar-refractivity contribution in [3.8, 4) is 11.4 Å². The number of nitrogens with two attached hydrogens (primary N) is 1. The number of primary amides is 1. The fourth-order valence-corrected chi connectivity index (χ4v) is 1.34. The van der Waals surface area contributed by atoms with E-state index in [4.69, 9.17) is 5.73 Å². The van der Waals surface area contributed by atoms with Gasteiger partial charge in [-0.3, -0.25) is 14.5 Å². The summed E-state index contributed by atoms with van der Waals surface area (Å²) in [5.41, 5.74) is 6.92. The molecule has 15 heavy (non-hydrogen) atoms. The molecule has 1 amide bonds. The molecule has 0 saturated heterocycles. The van der Waals surface area contributed by atoms with Gasteiger partial charge in [-0.05, 0) is 18.2 Å². The molecule has 0 spiro atoms. The first-order valence-corrected chi connectivity index (χ1v) is 4.44. The Kier molecular flexibility index (Phi) is 2.21. The number of aromatic nitrogens is 3. The summed E-state index contributed by atoms with van der Waals surface area (Å²) < 4.78 is 1.59. The Bertz CT molecular complexity index is 489. The number of carbonyl (C=O) groups excluding carboxylic acids is 1. The Hall–Kier alpha value is -2.17. The van der Waals surface area contributed by atoms with Gasteiger partial charge in [0.05, 0.1) is 11.4 Å². The third kappa shape index (κ3) is 1.71. The van der Waals surface area contributed by atoms with E-state index >= 15 is 0 Å². The maximum atomic E-state index is 10.9. The standard InChI is InChI=1S/C10H10N4O/c1-14-9(6-8(13-14)10(11)15)7-4-2-3-5-12-7/h2-6H,1H3,(H2,11,15). The van der Waals surface area contributed by atoms with Gasteiger partial charge in [0.25, 0.3) is 5.91 Å². The molecule has 0 radical (unpaired) electrons. The van der Waals surface area contributed by atoms with Gasteiger partial charge < -0.3 is 5.73 Å². The monoisotopic (exact) mass is 202 g/mol. The summed E-state index contributed by atoms with van der Waals surface area (Å²) in [7, 11) is 1.75. The third-order valence-corrected chi connectivity index (χ3v) is 2.06. The summed E-state index contributed by atoms with van der Waals surface area (Å²) >= 11 is 0. The largest absolute Gasteiger partial charge is 0.364 e. The number of pyridine rings is 1. The molecule has 2 aromatic heterocycles. The predicted octanol–water partition coefficient (Wildman–Crippen LogP) is 0.581. The van der Waals surface area contributed by atoms with E-state index in [0.717, 1.165) is 11.4 Å². The lowest BCUT2D eigenvalue weighted by atomic mass is 10.2. The van der Waals surface area contributed by atoms with Crippen LogP contribution in [0, 0.1) is 0 Å². The molecule has 5 heteroatoms. The highest BCUT2D eigenvalue weighted by atomic mass is 16.1. The first-order chi connectivity index (χ1) is 7.18. The molecule has 0 aliphatic heterocycles. The molecule has 0 unspecified atom stereocenters. The molecule has 2 aromatic rings. The van der Waals surface area contributed by atoms with Crippen LogP contribution in [-0.2, 0) is 7.05 Å². The molecular formula is C10H10N4O. The van der Waals surface area contributed by atoms with E-state index < -0.39 is 5.91 Å². The van der Waals surface area contributed by atoms with Gasteiger partial charge in [-0.15, -0.1) is 0 Å². The molecule has 0 aliphatic carbocycles. The maximum absolute atomic E-state index is 10.9. The number of rotatable bonds is 2. The van der Waals surface area contributed by atoms with E-state index in [1.165, 1.54) is 0 Å². The number of carbonyl (C=O) groups is 1. The molecule has 0 aliphatic rings. The molecule has 0 aromatic carbocycles. The van der Waals surface area contributed by atoms with Gasteiger partial charge in [-0.1, -0.05) is 6.07 Å². The highest BCUT2D eigenvalue weighted by Gasteiger charge is 2.11. The Morgan fingerprint density at radius 2 is 2.27 bits per heavy atom. The van der Waals surface area contributed by atoms with Crippen molar-refractivity contribution in [3.05, 3.63) is 36.2 Å². The van der Waals surface area contributed by atoms with E-state index in [2.05, 4.69) is 10.1 Å². The van der Waals surface area contributed by atoms with Crippen LogP contribution in [0.5, 0.6) is 0 Å². The molecule has 2 rings (SSSR count). The Labute approximate surface area is 86.5 Å². The van der Waals surface area contributed by atoms with Crippen LogP contribution in [0.4, 0.5) is 0 Å². The fraction of sp³-hybridized carbons (Fsp3) is 0.100. The van der Waals surface area contributed by atoms with Crippen molar-refractivity contribution in [2.24, 2.45) is 12.8 Å². The molecule has 0 bridgehead atoms. The van der Waals surface area contributed by atoms with Gasteiger partial charge in [0.15, 0.2) is 5.69 Å². The van der Waals surface area contributed by atoms with Crippen molar-refractivity contribution in [1.82, 2.24) is 14.8 Å². The summed E-state index contributed by atoms with van der Waals surface area (Å²) in [5.74, 6) is -0.534. The normalized spacial score (nSPS) is 10.2. The fourth-order valence-electron chi connectivity index (χ4n) is 1.34. The topological polar surface area (TPSA) is 73.8 Å². The first kappa shape index (κ1) is 9.39. The molecule has 0 saturated carbocycles. The zero-order valence-electron chi connectivity index (χ0n) is 8.21. The first-order valence-electron chi connectivity index (χ1n) is 4.44. The molecule has 0 fully saturated rings. The number of aryl methyl sites for hydroxylation is 1. The van der Waals surface area contributed by atoms with Gasteiger partial charge in [0.1, 0.15) is 0 Å². The van der Waals surface area contributed by atoms with Gasteiger partial charge in [0.2, 0.25) is 0 Å². The second kappa shape index (κ2) is 3.53. The Balaban J connectivity index is 2.50. The highest BCUT2D eigenvalue weighted by Crippen LogP contribution is 2.16. The maximum Gasteiger partial charge on any atom is 0.269 e. The minimum absolute atomic E-state index is 0.248. The Morgan fingerprint density at radius 1 is 1.47 bits per heavy atom. The lowest BCUT2D eigenvalue weighted by molar-refractivity contribution is 0.0995. The summed E-state index contributed by atoms with van der Waals surface area (Å²) in [6.45, 7) is 0. The van der Waals surface area contributed by atoms with Crippen LogP contribution in [0.2, 0.25) is 0 Å². The molecule has 2 N–H and O–H groups in total. The average Bonchev–Trinajstić information content (AvgIpc) is 2.62. The van der Waals surface area contributed by atoms with E-state index in [9.17, 15) is 4.79 Å². The van der Waals surface area contributed by atoms with Gasteiger partial charge in [-0.25, -0.2) is 0 Å². The van der Waals surface area contributed by atoms with Crippen LogP contribution < -0.4 is 5.73 Å². The van der Waals surface area contributed by atoms with Crippen LogP contribution in [0.3, 0.4) is 0 Å². The quantitative estimate of drug-likeness (QED) is 0.774. The summed E-state index contributed by atoms with van der Waals surface area (Å²) in [4.78, 5) is 15.1. The lowest BCUT2D eigenvalue weighted by Crippen LogP contribution is -2.11. The van der Waals surface area contributed by atoms with Gasteiger partial charge in [-0.2, -0.15) is 5.10 Å². The molecule has 2 heterocycles. The van der Waals surface area contributed by atoms with Gasteiger partial charge >= 0.3 is 0 Å². The van der Waals surface area contributed by atoms with Crippen LogP contribution in [0.15, 0.2) is 30.5 Å². The molecular weight excluding hydrogens is 192 g/mol. The molecule has 76 valence electrons. The number of nitrogens with zero attached hydrogens (tertiary/aromatic N) is 3. The number of hydrogen-bond acceptors (Lipinski definition) is 3. The van der Waals surface area contributed by atoms with Crippen LogP contribution in [-0.4, -0.2) is 20.7 Å². The minimum Gasteiger partial charge on any atom is -0.364 e. The van der Waals surface area contributed by atoms with Crippen LogP contribution >= 0.6 is 0 Å². The predicted molar refractivity (Wildman–Crippen MR) is 55.0 cm³/mol. The van der Waals surface area contributed by atoms with Crippen molar-refractivity contribution in [1.29, 1.82) is 0 Å². The van der Waals surface area contributed by atoms with Gasteiger partial charge in [0, 0.05) is 13.2 Å². The van der Waals surface area contributed by atoms with Crippen molar-refractivity contribution in [3.63, 3.8) is 0 Å². The lowest BCUT2D eigenvalue weighted by Gasteiger charge is -1.98. The van der Waals surface area contributed by atoms with Crippen molar-refractivity contribution < 1.29 is 4.79 Å². The second-order valence-corrected chi connectivity index (χ2v) is 3.12. The zero-order valence-corrected chi connectivity index (χ0v) is 8.21. The summed E-state index contributed by atoms with van der Waals surface area (Å²) in [5, 5.41) is 3.99. The minimum atomic E-state index is -0.534. The van der Waals surface area contributed by atoms with Crippen molar-refractivity contribution in [2.75, 3.05) is 0 Å². The number of hydrogen-bond donors (Lipinski definition) is 1. The van der Waals surface area contributed by atoms with E-state index in [1.807, 2.05) is 18.2 Å². The van der Waals surface area contributed by atoms with Crippen LogP contribution in [0.1, 0.15) is 10.5 Å². The van der Waals surface area contributed by atoms with E-state index in [1.54, 1.807) is 24.0 Å². The third-order valence-electron chi connectivity index (χ3n) is 2.06. The zero-order chi connectivity index (χ0) is 10.8. The van der Waals surface area contributed by atoms with E-state index in [-0.39, 0.29) is 5.69 Å². The van der Waals surface area contributed by atoms with E-state index in [0.29, 0.717) is 0 Å². The smallest absolute Gasteiger partial charge is 0.269 e. The number of amides is 1. The average molecular weight is 202 g/mol. The van der Waals surface area contributed by atoms with Crippen molar-refractivity contribution >= 4 is 5.91 Å². The summed E-state index contributed by atoms with van der Waals surface area (Å²) in [6, 6.07) is 7.18. The summed E-state index contributed by atoms with van der Waals surface area (Å²) in [6.07, 6.45) is 1.69. The van der Waals surface area contributed by atoms with Crippen molar-refractivity contribution in [2.45, 2.75) is 0 Å². The molecule has 5 nitrogen and oxygen atoms in total. The second-order valence-electron chi connectivity index (χ2n) is 3.12. The Morgan fingerprint density at radius 3 is 2.80 bits per heavy atom. The SMILES string of the molecule is Cn1nc(C(N)=O)cc1-c1ccccn1. The van der Waals surface area contributed by atoms with Crippen LogP contribution in [0.25, 0.3) is 11.4 Å². The molecule has 0 atom stereocenters. The highest BCUT2D eigenvalue weighted by molar-refractivity contribution is 5.91.